The first kappa shape index (κ1) is 16.2. The molecule has 2 aromatic rings. The predicted octanol–water partition coefficient (Wildman–Crippen LogP) is 1.47. The lowest BCUT2D eigenvalue weighted by Crippen LogP contribution is -2.31. The highest BCUT2D eigenvalue weighted by atomic mass is 32.2. The maximum atomic E-state index is 12.2. The van der Waals surface area contributed by atoms with Crippen molar-refractivity contribution >= 4 is 15.9 Å². The van der Waals surface area contributed by atoms with Gasteiger partial charge in [-0.25, -0.2) is 13.1 Å². The molecule has 1 heterocycles. The minimum atomic E-state index is -3.83. The van der Waals surface area contributed by atoms with Crippen molar-refractivity contribution in [3.05, 3.63) is 47.3 Å². The van der Waals surface area contributed by atoms with Crippen molar-refractivity contribution in [1.82, 2.24) is 14.5 Å². The average molecular weight is 321 g/mol. The van der Waals surface area contributed by atoms with Crippen molar-refractivity contribution in [2.75, 3.05) is 0 Å². The van der Waals surface area contributed by atoms with Crippen molar-refractivity contribution in [1.29, 1.82) is 0 Å². The molecule has 0 aliphatic rings. The van der Waals surface area contributed by atoms with Crippen LogP contribution < -0.4 is 4.72 Å². The van der Waals surface area contributed by atoms with Crippen LogP contribution in [-0.2, 0) is 28.3 Å². The van der Waals surface area contributed by atoms with Gasteiger partial charge in [-0.1, -0.05) is 17.7 Å². The summed E-state index contributed by atoms with van der Waals surface area (Å²) in [7, 11) is -2.04. The Bertz CT molecular complexity index is 794. The number of nitrogens with one attached hydrogen (secondary N) is 1. The molecule has 0 spiro atoms. The number of aryl methyl sites for hydroxylation is 4. The quantitative estimate of drug-likeness (QED) is 0.904. The molecule has 1 amide bonds. The molecule has 0 radical (unpaired) electrons. The van der Waals surface area contributed by atoms with Gasteiger partial charge in [0.2, 0.25) is 5.91 Å². The standard InChI is InChI=1S/C15H19N3O3S/c1-11-4-6-14(12(2)8-11)22(20,21)17-15(19)7-5-13-9-16-18(3)10-13/h4,6,8-10H,5,7H2,1-3H3,(H,17,19). The summed E-state index contributed by atoms with van der Waals surface area (Å²) in [4.78, 5) is 12.0. The van der Waals surface area contributed by atoms with E-state index in [9.17, 15) is 13.2 Å². The van der Waals surface area contributed by atoms with Gasteiger partial charge in [0.1, 0.15) is 0 Å². The molecule has 22 heavy (non-hydrogen) atoms. The zero-order valence-corrected chi connectivity index (χ0v) is 13.6. The van der Waals surface area contributed by atoms with E-state index in [0.717, 1.165) is 11.1 Å². The summed E-state index contributed by atoms with van der Waals surface area (Å²) in [5.41, 5.74) is 2.48. The lowest BCUT2D eigenvalue weighted by Gasteiger charge is -2.09. The second-order valence-corrected chi connectivity index (χ2v) is 6.97. The molecule has 7 heteroatoms. The number of nitrogens with zero attached hydrogens (tertiary/aromatic N) is 2. The van der Waals surface area contributed by atoms with Gasteiger partial charge in [-0.05, 0) is 37.5 Å². The van der Waals surface area contributed by atoms with Crippen LogP contribution in [0.5, 0.6) is 0 Å². The highest BCUT2D eigenvalue weighted by Gasteiger charge is 2.19. The Balaban J connectivity index is 2.03. The zero-order chi connectivity index (χ0) is 16.3. The number of rotatable bonds is 5. The number of aromatic nitrogens is 2. The zero-order valence-electron chi connectivity index (χ0n) is 12.8. The van der Waals surface area contributed by atoms with E-state index in [-0.39, 0.29) is 11.3 Å². The lowest BCUT2D eigenvalue weighted by atomic mass is 10.2. The van der Waals surface area contributed by atoms with Crippen molar-refractivity contribution in [2.45, 2.75) is 31.6 Å². The van der Waals surface area contributed by atoms with Gasteiger partial charge in [-0.15, -0.1) is 0 Å². The second-order valence-electron chi connectivity index (χ2n) is 5.32. The van der Waals surface area contributed by atoms with Crippen LogP contribution in [0.4, 0.5) is 0 Å². The Hall–Kier alpha value is -2.15. The van der Waals surface area contributed by atoms with Crippen LogP contribution in [0, 0.1) is 13.8 Å². The summed E-state index contributed by atoms with van der Waals surface area (Å²) >= 11 is 0. The summed E-state index contributed by atoms with van der Waals surface area (Å²) in [6, 6.07) is 5.00. The monoisotopic (exact) mass is 321 g/mol. The van der Waals surface area contributed by atoms with Crippen LogP contribution in [0.3, 0.4) is 0 Å². The summed E-state index contributed by atoms with van der Waals surface area (Å²) in [6.45, 7) is 3.59. The Morgan fingerprint density at radius 3 is 2.64 bits per heavy atom. The van der Waals surface area contributed by atoms with Gasteiger partial charge in [-0.2, -0.15) is 5.10 Å². The lowest BCUT2D eigenvalue weighted by molar-refractivity contribution is -0.119. The van der Waals surface area contributed by atoms with Gasteiger partial charge in [0, 0.05) is 19.7 Å². The molecule has 0 bridgehead atoms. The molecule has 1 aromatic carbocycles. The van der Waals surface area contributed by atoms with E-state index < -0.39 is 15.9 Å². The van der Waals surface area contributed by atoms with Gasteiger partial charge >= 0.3 is 0 Å². The van der Waals surface area contributed by atoms with Crippen molar-refractivity contribution in [2.24, 2.45) is 7.05 Å². The smallest absolute Gasteiger partial charge is 0.264 e. The van der Waals surface area contributed by atoms with Crippen molar-refractivity contribution in [3.63, 3.8) is 0 Å². The topological polar surface area (TPSA) is 81.1 Å². The molecule has 0 atom stereocenters. The third-order valence-electron chi connectivity index (χ3n) is 3.27. The summed E-state index contributed by atoms with van der Waals surface area (Å²) in [6.07, 6.45) is 4.00. The van der Waals surface area contributed by atoms with Crippen LogP contribution in [-0.4, -0.2) is 24.1 Å². The molecule has 1 N–H and O–H groups in total. The summed E-state index contributed by atoms with van der Waals surface area (Å²) in [5.74, 6) is -0.524. The van der Waals surface area contributed by atoms with Crippen LogP contribution in [0.15, 0.2) is 35.5 Å². The van der Waals surface area contributed by atoms with Gasteiger partial charge in [0.05, 0.1) is 11.1 Å². The van der Waals surface area contributed by atoms with Crippen LogP contribution in [0.1, 0.15) is 23.1 Å². The third-order valence-corrected chi connectivity index (χ3v) is 4.80. The molecule has 0 aliphatic heterocycles. The molecule has 0 saturated carbocycles. The van der Waals surface area contributed by atoms with E-state index in [1.807, 2.05) is 6.92 Å². The highest BCUT2D eigenvalue weighted by molar-refractivity contribution is 7.90. The van der Waals surface area contributed by atoms with E-state index in [1.165, 1.54) is 6.07 Å². The number of sulfonamides is 1. The average Bonchev–Trinajstić information content (AvgIpc) is 2.81. The minimum Gasteiger partial charge on any atom is -0.276 e. The molecule has 0 aliphatic carbocycles. The van der Waals surface area contributed by atoms with E-state index in [4.69, 9.17) is 0 Å². The SMILES string of the molecule is Cc1ccc(S(=O)(=O)NC(=O)CCc2cnn(C)c2)c(C)c1. The molecule has 0 fully saturated rings. The Morgan fingerprint density at radius 1 is 1.32 bits per heavy atom. The maximum Gasteiger partial charge on any atom is 0.264 e. The molecule has 6 nitrogen and oxygen atoms in total. The van der Waals surface area contributed by atoms with Crippen LogP contribution in [0.2, 0.25) is 0 Å². The number of hydrogen-bond donors (Lipinski definition) is 1. The Morgan fingerprint density at radius 2 is 2.05 bits per heavy atom. The van der Waals surface area contributed by atoms with Crippen molar-refractivity contribution in [3.8, 4) is 0 Å². The first-order chi connectivity index (χ1) is 10.3. The molecular formula is C15H19N3O3S. The van der Waals surface area contributed by atoms with Gasteiger partial charge in [0.25, 0.3) is 10.0 Å². The minimum absolute atomic E-state index is 0.0931. The predicted molar refractivity (Wildman–Crippen MR) is 82.8 cm³/mol. The van der Waals surface area contributed by atoms with Gasteiger partial charge in [0.15, 0.2) is 0 Å². The van der Waals surface area contributed by atoms with E-state index >= 15 is 0 Å². The fourth-order valence-electron chi connectivity index (χ4n) is 2.22. The summed E-state index contributed by atoms with van der Waals surface area (Å²) in [5, 5.41) is 4.00. The van der Waals surface area contributed by atoms with Gasteiger partial charge < -0.3 is 0 Å². The number of hydrogen-bond acceptors (Lipinski definition) is 4. The fourth-order valence-corrected chi connectivity index (χ4v) is 3.46. The second kappa shape index (κ2) is 6.31. The van der Waals surface area contributed by atoms with Crippen LogP contribution >= 0.6 is 0 Å². The molecule has 0 unspecified atom stereocenters. The van der Waals surface area contributed by atoms with Gasteiger partial charge in [-0.3, -0.25) is 9.48 Å². The molecule has 2 rings (SSSR count). The summed E-state index contributed by atoms with van der Waals surface area (Å²) < 4.78 is 28.2. The number of amides is 1. The molecule has 118 valence electrons. The number of carbonyl (C=O) groups is 1. The molecular weight excluding hydrogens is 302 g/mol. The Kier molecular flexibility index (Phi) is 4.65. The highest BCUT2D eigenvalue weighted by Crippen LogP contribution is 2.16. The fraction of sp³-hybridized carbons (Fsp3) is 0.333. The van der Waals surface area contributed by atoms with E-state index in [1.54, 1.807) is 43.2 Å². The molecule has 1 aromatic heterocycles. The first-order valence-electron chi connectivity index (χ1n) is 6.88. The van der Waals surface area contributed by atoms with E-state index in [2.05, 4.69) is 9.82 Å². The molecule has 0 saturated heterocycles. The third kappa shape index (κ3) is 3.94. The Labute approximate surface area is 130 Å². The van der Waals surface area contributed by atoms with E-state index in [0.29, 0.717) is 12.0 Å². The van der Waals surface area contributed by atoms with Crippen LogP contribution in [0.25, 0.3) is 0 Å². The maximum absolute atomic E-state index is 12.2. The van der Waals surface area contributed by atoms with Crippen molar-refractivity contribution < 1.29 is 13.2 Å². The largest absolute Gasteiger partial charge is 0.276 e. The number of carbonyl (C=O) groups excluding carboxylic acids is 1. The number of benzene rings is 1. The normalized spacial score (nSPS) is 11.4. The first-order valence-corrected chi connectivity index (χ1v) is 8.36.